The molecular weight excluding hydrogens is 709 g/mol. The molecule has 0 bridgehead atoms. The zero-order chi connectivity index (χ0) is 36.4. The van der Waals surface area contributed by atoms with Crippen molar-refractivity contribution in [2.75, 3.05) is 0 Å². The van der Waals surface area contributed by atoms with E-state index >= 15 is 0 Å². The average Bonchev–Trinajstić information content (AvgIpc) is 3.78. The Morgan fingerprint density at radius 3 is 1.40 bits per heavy atom. The summed E-state index contributed by atoms with van der Waals surface area (Å²) in [7, 11) is -0.891. The maximum Gasteiger partial charge on any atom is 0.0687 e. The van der Waals surface area contributed by atoms with E-state index in [0.717, 1.165) is 0 Å². The molecule has 1 unspecified atom stereocenters. The molecule has 0 fully saturated rings. The van der Waals surface area contributed by atoms with Gasteiger partial charge in [-0.3, -0.25) is 0 Å². The lowest BCUT2D eigenvalue weighted by atomic mass is 9.92. The van der Waals surface area contributed by atoms with Crippen LogP contribution in [0.4, 0.5) is 0 Å². The number of nitrogens with zero attached hydrogens (tertiary/aromatic N) is 2. The number of rotatable bonds is 0. The SMILES string of the molecule is c1ccc2c3c4c(cc2c1)-n1c2cc5ccc6cccc7ccc(c5c67)c2c2cccc(c21)[SH]4c1cccc2c4c5ccc6cccc7ccc(cc4n-3c12)c5c76. The molecule has 0 saturated carbocycles. The fraction of sp³-hybridized carbons (Fsp3) is 0. The summed E-state index contributed by atoms with van der Waals surface area (Å²) in [5.74, 6) is 0. The third kappa shape index (κ3) is 3.05. The van der Waals surface area contributed by atoms with Gasteiger partial charge in [0, 0.05) is 41.6 Å². The van der Waals surface area contributed by atoms with Crippen LogP contribution in [0, 0.1) is 0 Å². The van der Waals surface area contributed by atoms with Gasteiger partial charge in [0.2, 0.25) is 0 Å². The van der Waals surface area contributed by atoms with Gasteiger partial charge in [0.15, 0.2) is 0 Å². The van der Waals surface area contributed by atoms with Gasteiger partial charge in [-0.25, -0.2) is 0 Å². The zero-order valence-corrected chi connectivity index (χ0v) is 31.3. The number of para-hydroxylation sites is 2. The molecular formula is C54H28N2S. The number of thiol groups is 1. The van der Waals surface area contributed by atoms with Gasteiger partial charge in [0.05, 0.1) is 33.4 Å². The van der Waals surface area contributed by atoms with Crippen molar-refractivity contribution in [3.63, 3.8) is 0 Å². The van der Waals surface area contributed by atoms with Crippen molar-refractivity contribution in [1.29, 1.82) is 0 Å². The third-order valence-electron chi connectivity index (χ3n) is 13.9. The number of fused-ring (bicyclic) bond motifs is 14. The average molecular weight is 737 g/mol. The smallest absolute Gasteiger partial charge is 0.0687 e. The fourth-order valence-corrected chi connectivity index (χ4v) is 14.7. The van der Waals surface area contributed by atoms with Crippen molar-refractivity contribution >= 4 is 130 Å². The van der Waals surface area contributed by atoms with Crippen molar-refractivity contribution in [3.05, 3.63) is 164 Å². The first-order chi connectivity index (χ1) is 28.3. The molecule has 0 spiro atoms. The molecule has 2 aliphatic heterocycles. The van der Waals surface area contributed by atoms with Gasteiger partial charge in [-0.15, -0.1) is 0 Å². The van der Waals surface area contributed by atoms with Crippen molar-refractivity contribution in [3.8, 4) is 11.4 Å². The summed E-state index contributed by atoms with van der Waals surface area (Å²) >= 11 is 0. The molecule has 0 aliphatic carbocycles. The Hall–Kier alpha value is -7.07. The molecule has 0 N–H and O–H groups in total. The van der Waals surface area contributed by atoms with Gasteiger partial charge in [-0.2, -0.15) is 10.9 Å². The van der Waals surface area contributed by atoms with Gasteiger partial charge >= 0.3 is 0 Å². The maximum absolute atomic E-state index is 2.68. The lowest BCUT2D eigenvalue weighted by Gasteiger charge is -2.38. The van der Waals surface area contributed by atoms with E-state index in [4.69, 9.17) is 0 Å². The highest BCUT2D eigenvalue weighted by molar-refractivity contribution is 8.17. The van der Waals surface area contributed by atoms with Crippen LogP contribution in [-0.2, 0) is 0 Å². The first-order valence-corrected chi connectivity index (χ1v) is 21.3. The molecule has 12 aromatic carbocycles. The van der Waals surface area contributed by atoms with Gasteiger partial charge < -0.3 is 9.13 Å². The molecule has 4 heterocycles. The second-order valence-corrected chi connectivity index (χ2v) is 18.5. The molecule has 1 atom stereocenters. The van der Waals surface area contributed by atoms with Crippen LogP contribution in [0.1, 0.15) is 0 Å². The zero-order valence-electron chi connectivity index (χ0n) is 30.4. The lowest BCUT2D eigenvalue weighted by Crippen LogP contribution is -2.14. The van der Waals surface area contributed by atoms with E-state index < -0.39 is 10.9 Å². The molecule has 2 nitrogen and oxygen atoms in total. The molecule has 0 radical (unpaired) electrons. The van der Waals surface area contributed by atoms with Crippen LogP contribution in [0.15, 0.2) is 178 Å². The summed E-state index contributed by atoms with van der Waals surface area (Å²) in [6.45, 7) is 0. The van der Waals surface area contributed by atoms with Gasteiger partial charge in [-0.1, -0.05) is 133 Å². The monoisotopic (exact) mass is 736 g/mol. The first-order valence-electron chi connectivity index (χ1n) is 19.9. The third-order valence-corrected chi connectivity index (χ3v) is 16.5. The van der Waals surface area contributed by atoms with Crippen molar-refractivity contribution in [2.45, 2.75) is 14.7 Å². The minimum atomic E-state index is -0.891. The summed E-state index contributed by atoms with van der Waals surface area (Å²) in [4.78, 5) is 4.37. The van der Waals surface area contributed by atoms with Crippen molar-refractivity contribution in [2.24, 2.45) is 0 Å². The quantitative estimate of drug-likeness (QED) is 0.117. The molecule has 2 aromatic heterocycles. The van der Waals surface area contributed by atoms with E-state index in [1.165, 1.54) is 145 Å². The second kappa shape index (κ2) is 9.30. The molecule has 3 heteroatoms. The summed E-state index contributed by atoms with van der Waals surface area (Å²) in [5, 5.41) is 24.1. The fourth-order valence-electron chi connectivity index (χ4n) is 11.8. The highest BCUT2D eigenvalue weighted by atomic mass is 32.2. The van der Waals surface area contributed by atoms with E-state index in [1.54, 1.807) is 0 Å². The summed E-state index contributed by atoms with van der Waals surface area (Å²) in [6, 6.07) is 63.2. The Labute approximate surface area is 327 Å². The van der Waals surface area contributed by atoms with Crippen LogP contribution >= 0.6 is 10.9 Å². The van der Waals surface area contributed by atoms with Crippen LogP contribution in [-0.4, -0.2) is 9.13 Å². The van der Waals surface area contributed by atoms with E-state index in [9.17, 15) is 0 Å². The standard InChI is InChI=1S/C54H28N2S/c1-2-12-35-32(7-1)25-42-54-53(35)56-41-27-34-20-18-29-9-4-11-31-22-24-37(48(34)46(29)31)50(41)39-14-6-16-44(52(39)56)57(54)43-15-5-13-38-49-36-23-21-30-10-3-8-28-17-19-33(47(36)45(28)30)26-40(49)55(42)51(38)43/h1-27,57H. The number of aromatic nitrogens is 2. The molecule has 260 valence electrons. The molecule has 0 saturated heterocycles. The van der Waals surface area contributed by atoms with Crippen molar-refractivity contribution in [1.82, 2.24) is 9.13 Å². The largest absolute Gasteiger partial charge is 0.307 e. The Kier molecular flexibility index (Phi) is 4.63. The lowest BCUT2D eigenvalue weighted by molar-refractivity contribution is 1.03. The van der Waals surface area contributed by atoms with E-state index in [2.05, 4.69) is 173 Å². The van der Waals surface area contributed by atoms with Gasteiger partial charge in [-0.05, 0) is 100 Å². The molecule has 2 aliphatic rings. The predicted molar refractivity (Wildman–Crippen MR) is 244 cm³/mol. The Morgan fingerprint density at radius 2 is 0.789 bits per heavy atom. The van der Waals surface area contributed by atoms with Crippen LogP contribution in [0.25, 0.3) is 130 Å². The predicted octanol–water partition coefficient (Wildman–Crippen LogP) is 14.9. The Bertz CT molecular complexity index is 4190. The van der Waals surface area contributed by atoms with Crippen LogP contribution in [0.2, 0.25) is 0 Å². The molecule has 57 heavy (non-hydrogen) atoms. The highest BCUT2D eigenvalue weighted by Crippen LogP contribution is 2.67. The maximum atomic E-state index is 2.68. The minimum Gasteiger partial charge on any atom is -0.307 e. The van der Waals surface area contributed by atoms with Crippen LogP contribution < -0.4 is 0 Å². The minimum absolute atomic E-state index is 0.891. The highest BCUT2D eigenvalue weighted by Gasteiger charge is 2.38. The summed E-state index contributed by atoms with van der Waals surface area (Å²) in [6.07, 6.45) is 0. The Balaban J connectivity index is 1.14. The number of hydrogen-bond donors (Lipinski definition) is 1. The number of benzene rings is 12. The van der Waals surface area contributed by atoms with E-state index in [-0.39, 0.29) is 0 Å². The molecule has 14 aromatic rings. The van der Waals surface area contributed by atoms with Crippen LogP contribution in [0.3, 0.4) is 0 Å². The summed E-state index contributed by atoms with van der Waals surface area (Å²) < 4.78 is 5.34. The topological polar surface area (TPSA) is 9.86 Å². The summed E-state index contributed by atoms with van der Waals surface area (Å²) in [5.41, 5.74) is 7.99. The first kappa shape index (κ1) is 28.4. The van der Waals surface area contributed by atoms with Gasteiger partial charge in [0.1, 0.15) is 0 Å². The normalized spacial score (nSPS) is 15.5. The van der Waals surface area contributed by atoms with E-state index in [1.807, 2.05) is 0 Å². The second-order valence-electron chi connectivity index (χ2n) is 16.4. The van der Waals surface area contributed by atoms with Gasteiger partial charge in [0.25, 0.3) is 0 Å². The number of hydrogen-bond acceptors (Lipinski definition) is 0. The molecule has 0 amide bonds. The van der Waals surface area contributed by atoms with Crippen molar-refractivity contribution < 1.29 is 0 Å². The van der Waals surface area contributed by atoms with Crippen LogP contribution in [0.5, 0.6) is 0 Å². The Morgan fingerprint density at radius 1 is 0.316 bits per heavy atom. The van der Waals surface area contributed by atoms with E-state index in [0.29, 0.717) is 0 Å². The molecule has 16 rings (SSSR count).